The SMILES string of the molecule is COc1cccc2cc(C(=O)C3=C(O)C(=O)N(c4ccc(C(C)C)cc4)C3c3ccc(OC(C)C)cc3)oc12. The molecule has 1 aromatic heterocycles. The second-order valence-electron chi connectivity index (χ2n) is 10.1. The first-order chi connectivity index (χ1) is 18.7. The van der Waals surface area contributed by atoms with E-state index in [0.29, 0.717) is 39.6 Å². The van der Waals surface area contributed by atoms with Crippen LogP contribution in [0.1, 0.15) is 61.3 Å². The number of fused-ring (bicyclic) bond motifs is 1. The van der Waals surface area contributed by atoms with Gasteiger partial charge in [-0.15, -0.1) is 0 Å². The van der Waals surface area contributed by atoms with Gasteiger partial charge in [0.1, 0.15) is 5.75 Å². The van der Waals surface area contributed by atoms with Crippen molar-refractivity contribution >= 4 is 28.3 Å². The number of furan rings is 1. The summed E-state index contributed by atoms with van der Waals surface area (Å²) >= 11 is 0. The van der Waals surface area contributed by atoms with Gasteiger partial charge in [0.05, 0.1) is 24.8 Å². The Morgan fingerprint density at radius 3 is 2.28 bits per heavy atom. The standard InChI is InChI=1S/C32H31NO6/c1-18(2)20-9-13-23(14-10-20)33-28(21-11-15-24(16-12-21)38-19(3)4)27(30(35)32(33)36)29(34)26-17-22-7-6-8-25(37-5)31(22)39-26/h6-19,28,35H,1-5H3. The molecule has 0 saturated heterocycles. The van der Waals surface area contributed by atoms with Crippen LogP contribution < -0.4 is 14.4 Å². The van der Waals surface area contributed by atoms with Gasteiger partial charge < -0.3 is 19.0 Å². The van der Waals surface area contributed by atoms with Crippen LogP contribution in [0.15, 0.2) is 88.5 Å². The molecule has 1 unspecified atom stereocenters. The zero-order valence-corrected chi connectivity index (χ0v) is 22.6. The topological polar surface area (TPSA) is 89.2 Å². The van der Waals surface area contributed by atoms with Crippen LogP contribution in [-0.4, -0.2) is 30.0 Å². The van der Waals surface area contributed by atoms with Crippen molar-refractivity contribution in [3.8, 4) is 11.5 Å². The Balaban J connectivity index is 1.62. The minimum absolute atomic E-state index is 0.00520. The molecule has 1 amide bonds. The predicted molar refractivity (Wildman–Crippen MR) is 150 cm³/mol. The third kappa shape index (κ3) is 4.76. The van der Waals surface area contributed by atoms with Crippen molar-refractivity contribution in [1.82, 2.24) is 0 Å². The number of amides is 1. The van der Waals surface area contributed by atoms with Crippen molar-refractivity contribution in [1.29, 1.82) is 0 Å². The van der Waals surface area contributed by atoms with Gasteiger partial charge in [-0.2, -0.15) is 0 Å². The summed E-state index contributed by atoms with van der Waals surface area (Å²) in [4.78, 5) is 28.9. The minimum Gasteiger partial charge on any atom is -0.503 e. The number of nitrogens with zero attached hydrogens (tertiary/aromatic N) is 1. The minimum atomic E-state index is -0.877. The number of anilines is 1. The Morgan fingerprint density at radius 1 is 0.974 bits per heavy atom. The third-order valence-corrected chi connectivity index (χ3v) is 6.81. The van der Waals surface area contributed by atoms with Crippen LogP contribution in [0.25, 0.3) is 11.0 Å². The summed E-state index contributed by atoms with van der Waals surface area (Å²) in [7, 11) is 1.52. The molecular formula is C32H31NO6. The average molecular weight is 526 g/mol. The molecule has 1 aliphatic rings. The van der Waals surface area contributed by atoms with E-state index in [1.165, 1.54) is 12.0 Å². The maximum absolute atomic E-state index is 13.9. The summed E-state index contributed by atoms with van der Waals surface area (Å²) in [6, 6.07) is 20.8. The number of benzene rings is 3. The molecule has 4 aromatic rings. The lowest BCUT2D eigenvalue weighted by molar-refractivity contribution is -0.117. The molecule has 39 heavy (non-hydrogen) atoms. The number of rotatable bonds is 8. The first kappa shape index (κ1) is 26.1. The number of methoxy groups -OCH3 is 1. The van der Waals surface area contributed by atoms with E-state index in [1.807, 2.05) is 38.1 Å². The molecule has 0 radical (unpaired) electrons. The second kappa shape index (κ2) is 10.3. The number of aliphatic hydroxyl groups excluding tert-OH is 1. The lowest BCUT2D eigenvalue weighted by Gasteiger charge is -2.27. The maximum Gasteiger partial charge on any atom is 0.294 e. The average Bonchev–Trinajstić information content (AvgIpc) is 3.47. The van der Waals surface area contributed by atoms with Crippen LogP contribution in [0.4, 0.5) is 5.69 Å². The highest BCUT2D eigenvalue weighted by Gasteiger charge is 2.45. The van der Waals surface area contributed by atoms with Crippen LogP contribution in [0, 0.1) is 0 Å². The van der Waals surface area contributed by atoms with Gasteiger partial charge >= 0.3 is 0 Å². The number of hydrogen-bond acceptors (Lipinski definition) is 6. The molecule has 0 fully saturated rings. The molecule has 0 aliphatic carbocycles. The van der Waals surface area contributed by atoms with Gasteiger partial charge in [-0.05, 0) is 67.3 Å². The summed E-state index contributed by atoms with van der Waals surface area (Å²) < 4.78 is 17.1. The van der Waals surface area contributed by atoms with Crippen LogP contribution >= 0.6 is 0 Å². The molecular weight excluding hydrogens is 494 g/mol. The van der Waals surface area contributed by atoms with Crippen LogP contribution in [0.3, 0.4) is 0 Å². The number of carbonyl (C=O) groups is 2. The normalized spacial score (nSPS) is 15.6. The fourth-order valence-electron chi connectivity index (χ4n) is 4.88. The van der Waals surface area contributed by atoms with E-state index >= 15 is 0 Å². The van der Waals surface area contributed by atoms with E-state index in [1.54, 1.807) is 48.5 Å². The van der Waals surface area contributed by atoms with Crippen molar-refractivity contribution in [3.63, 3.8) is 0 Å². The van der Waals surface area contributed by atoms with Crippen molar-refractivity contribution < 1.29 is 28.6 Å². The first-order valence-electron chi connectivity index (χ1n) is 12.9. The predicted octanol–water partition coefficient (Wildman–Crippen LogP) is 7.13. The molecule has 3 aromatic carbocycles. The monoisotopic (exact) mass is 525 g/mol. The van der Waals surface area contributed by atoms with Crippen LogP contribution in [-0.2, 0) is 4.79 Å². The number of para-hydroxylation sites is 1. The van der Waals surface area contributed by atoms with Crippen LogP contribution in [0.5, 0.6) is 11.5 Å². The lowest BCUT2D eigenvalue weighted by Crippen LogP contribution is -2.31. The number of hydrogen-bond donors (Lipinski definition) is 1. The fraction of sp³-hybridized carbons (Fsp3) is 0.250. The molecule has 1 N–H and O–H groups in total. The highest BCUT2D eigenvalue weighted by molar-refractivity contribution is 6.20. The molecule has 0 spiro atoms. The molecule has 1 aliphatic heterocycles. The van der Waals surface area contributed by atoms with Crippen molar-refractivity contribution in [2.75, 3.05) is 12.0 Å². The zero-order chi connectivity index (χ0) is 27.8. The molecule has 1 atom stereocenters. The Hall–Kier alpha value is -4.52. The molecule has 0 saturated carbocycles. The van der Waals surface area contributed by atoms with E-state index in [2.05, 4.69) is 13.8 Å². The molecule has 2 heterocycles. The van der Waals surface area contributed by atoms with Gasteiger partial charge in [0.2, 0.25) is 5.78 Å². The number of carbonyl (C=O) groups excluding carboxylic acids is 2. The molecule has 200 valence electrons. The van der Waals surface area contributed by atoms with Crippen molar-refractivity contribution in [3.05, 3.63) is 101 Å². The van der Waals surface area contributed by atoms with Crippen molar-refractivity contribution in [2.45, 2.75) is 45.8 Å². The lowest BCUT2D eigenvalue weighted by atomic mass is 9.94. The quantitative estimate of drug-likeness (QED) is 0.246. The summed E-state index contributed by atoms with van der Waals surface area (Å²) in [6.07, 6.45) is -0.00830. The van der Waals surface area contributed by atoms with Gasteiger partial charge in [0.15, 0.2) is 22.9 Å². The third-order valence-electron chi connectivity index (χ3n) is 6.81. The smallest absolute Gasteiger partial charge is 0.294 e. The van der Waals surface area contributed by atoms with Gasteiger partial charge in [0, 0.05) is 11.1 Å². The van der Waals surface area contributed by atoms with E-state index in [0.717, 1.165) is 5.56 Å². The van der Waals surface area contributed by atoms with E-state index in [4.69, 9.17) is 13.9 Å². The summed E-state index contributed by atoms with van der Waals surface area (Å²) in [5, 5.41) is 11.8. The summed E-state index contributed by atoms with van der Waals surface area (Å²) in [5.41, 5.74) is 2.69. The van der Waals surface area contributed by atoms with Gasteiger partial charge in [0.25, 0.3) is 5.91 Å². The second-order valence-corrected chi connectivity index (χ2v) is 10.1. The first-order valence-corrected chi connectivity index (χ1v) is 12.9. The molecule has 7 heteroatoms. The summed E-state index contributed by atoms with van der Waals surface area (Å²) in [5.74, 6) is -0.373. The Bertz CT molecular complexity index is 1560. The van der Waals surface area contributed by atoms with Crippen LogP contribution in [0.2, 0.25) is 0 Å². The van der Waals surface area contributed by atoms with Gasteiger partial charge in [-0.1, -0.05) is 50.2 Å². The zero-order valence-electron chi connectivity index (χ0n) is 22.6. The fourth-order valence-corrected chi connectivity index (χ4v) is 4.88. The molecule has 7 nitrogen and oxygen atoms in total. The Kier molecular flexibility index (Phi) is 6.91. The van der Waals surface area contributed by atoms with Gasteiger partial charge in [-0.3, -0.25) is 14.5 Å². The largest absolute Gasteiger partial charge is 0.503 e. The molecule has 0 bridgehead atoms. The van der Waals surface area contributed by atoms with E-state index in [-0.39, 0.29) is 17.4 Å². The van der Waals surface area contributed by atoms with Gasteiger partial charge in [-0.25, -0.2) is 0 Å². The number of ketones is 1. The number of aliphatic hydroxyl groups is 1. The van der Waals surface area contributed by atoms with Crippen molar-refractivity contribution in [2.24, 2.45) is 0 Å². The highest BCUT2D eigenvalue weighted by atomic mass is 16.5. The number of Topliss-reactive ketones (excluding diaryl/α,β-unsaturated/α-hetero) is 1. The maximum atomic E-state index is 13.9. The Labute approximate surface area is 227 Å². The Morgan fingerprint density at radius 2 is 1.67 bits per heavy atom. The van der Waals surface area contributed by atoms with E-state index in [9.17, 15) is 14.7 Å². The highest BCUT2D eigenvalue weighted by Crippen LogP contribution is 2.43. The van der Waals surface area contributed by atoms with E-state index < -0.39 is 23.5 Å². The number of ether oxygens (including phenoxy) is 2. The molecule has 5 rings (SSSR count). The summed E-state index contributed by atoms with van der Waals surface area (Å²) in [6.45, 7) is 8.05.